The van der Waals surface area contributed by atoms with Crippen LogP contribution in [0.4, 0.5) is 5.69 Å². The molecule has 3 aromatic rings. The average Bonchev–Trinajstić information content (AvgIpc) is 2.67. The van der Waals surface area contributed by atoms with Gasteiger partial charge in [0.05, 0.1) is 5.75 Å². The van der Waals surface area contributed by atoms with Gasteiger partial charge in [0.1, 0.15) is 5.82 Å². The van der Waals surface area contributed by atoms with Gasteiger partial charge in [0.2, 0.25) is 5.91 Å². The van der Waals surface area contributed by atoms with E-state index in [1.807, 2.05) is 31.2 Å². The number of amides is 1. The van der Waals surface area contributed by atoms with Gasteiger partial charge < -0.3 is 11.2 Å². The monoisotopic (exact) mass is 415 g/mol. The molecule has 0 aliphatic carbocycles. The SMILES string of the molecule is Cc1ccc(Cc2nc(SCC(=O)Nc3ccc(Cl)cc3)nc(=O)n2N)cc1. The van der Waals surface area contributed by atoms with E-state index in [-0.39, 0.29) is 16.8 Å². The molecule has 0 fully saturated rings. The standard InChI is InChI=1S/C19H18ClN5O2S/c1-12-2-4-13(5-3-12)10-16-23-18(24-19(27)25(16)21)28-11-17(26)22-15-8-6-14(20)7-9-15/h2-9H,10-11,21H2,1H3,(H,22,26). The lowest BCUT2D eigenvalue weighted by Crippen LogP contribution is -2.34. The summed E-state index contributed by atoms with van der Waals surface area (Å²) in [5.41, 5.74) is 2.13. The lowest BCUT2D eigenvalue weighted by atomic mass is 10.1. The van der Waals surface area contributed by atoms with Crippen LogP contribution in [0.25, 0.3) is 0 Å². The summed E-state index contributed by atoms with van der Waals surface area (Å²) in [5, 5.41) is 3.54. The number of thioether (sulfide) groups is 1. The minimum absolute atomic E-state index is 0.0562. The van der Waals surface area contributed by atoms with Gasteiger partial charge in [0, 0.05) is 17.1 Å². The van der Waals surface area contributed by atoms with Crippen molar-refractivity contribution in [2.45, 2.75) is 18.5 Å². The molecule has 0 radical (unpaired) electrons. The number of nitrogens with two attached hydrogens (primary N) is 1. The van der Waals surface area contributed by atoms with Crippen LogP contribution in [0.1, 0.15) is 17.0 Å². The fourth-order valence-corrected chi connectivity index (χ4v) is 3.14. The number of carbonyl (C=O) groups excluding carboxylic acids is 1. The Kier molecular flexibility index (Phi) is 6.33. The van der Waals surface area contributed by atoms with Gasteiger partial charge in [-0.2, -0.15) is 9.66 Å². The second-order valence-electron chi connectivity index (χ2n) is 6.08. The fourth-order valence-electron chi connectivity index (χ4n) is 2.37. The first-order valence-corrected chi connectivity index (χ1v) is 9.76. The molecule has 0 atom stereocenters. The van der Waals surface area contributed by atoms with Gasteiger partial charge in [-0.05, 0) is 36.8 Å². The zero-order valence-electron chi connectivity index (χ0n) is 15.1. The maximum Gasteiger partial charge on any atom is 0.370 e. The summed E-state index contributed by atoms with van der Waals surface area (Å²) in [6, 6.07) is 14.6. The number of aryl methyl sites for hydroxylation is 1. The molecule has 1 aromatic heterocycles. The third kappa shape index (κ3) is 5.34. The number of benzene rings is 2. The van der Waals surface area contributed by atoms with Crippen LogP contribution in [0.15, 0.2) is 58.5 Å². The van der Waals surface area contributed by atoms with Gasteiger partial charge in [0.15, 0.2) is 5.16 Å². The number of aromatic nitrogens is 3. The summed E-state index contributed by atoms with van der Waals surface area (Å²) >= 11 is 6.89. The molecule has 2 aromatic carbocycles. The van der Waals surface area contributed by atoms with E-state index in [1.165, 1.54) is 0 Å². The summed E-state index contributed by atoms with van der Waals surface area (Å²) < 4.78 is 0.928. The molecule has 0 bridgehead atoms. The second kappa shape index (κ2) is 8.90. The highest BCUT2D eigenvalue weighted by Gasteiger charge is 2.11. The zero-order chi connectivity index (χ0) is 20.1. The number of rotatable bonds is 6. The van der Waals surface area contributed by atoms with Crippen molar-refractivity contribution in [1.82, 2.24) is 14.6 Å². The second-order valence-corrected chi connectivity index (χ2v) is 7.46. The summed E-state index contributed by atoms with van der Waals surface area (Å²) in [5.74, 6) is 5.97. The molecule has 1 amide bonds. The van der Waals surface area contributed by atoms with Crippen molar-refractivity contribution < 1.29 is 4.79 Å². The van der Waals surface area contributed by atoms with E-state index in [1.54, 1.807) is 24.3 Å². The van der Waals surface area contributed by atoms with E-state index >= 15 is 0 Å². The molecule has 0 aliphatic rings. The zero-order valence-corrected chi connectivity index (χ0v) is 16.6. The van der Waals surface area contributed by atoms with E-state index in [9.17, 15) is 9.59 Å². The van der Waals surface area contributed by atoms with Crippen LogP contribution in [0.5, 0.6) is 0 Å². The molecule has 1 heterocycles. The van der Waals surface area contributed by atoms with Crippen molar-refractivity contribution >= 4 is 35.0 Å². The number of halogens is 1. The summed E-state index contributed by atoms with van der Waals surface area (Å²) in [6.45, 7) is 2.00. The Balaban J connectivity index is 1.67. The topological polar surface area (TPSA) is 103 Å². The molecule has 0 saturated carbocycles. The summed E-state index contributed by atoms with van der Waals surface area (Å²) in [6.07, 6.45) is 0.388. The molecule has 9 heteroatoms. The number of nitrogen functional groups attached to an aromatic ring is 1. The predicted octanol–water partition coefficient (Wildman–Crippen LogP) is 2.64. The van der Waals surface area contributed by atoms with Gasteiger partial charge in [-0.3, -0.25) is 4.79 Å². The predicted molar refractivity (Wildman–Crippen MR) is 111 cm³/mol. The van der Waals surface area contributed by atoms with Crippen molar-refractivity contribution in [2.24, 2.45) is 0 Å². The first kappa shape index (κ1) is 19.9. The first-order valence-electron chi connectivity index (χ1n) is 8.39. The Morgan fingerprint density at radius 1 is 1.14 bits per heavy atom. The van der Waals surface area contributed by atoms with Gasteiger partial charge in [-0.15, -0.1) is 0 Å². The van der Waals surface area contributed by atoms with Gasteiger partial charge >= 0.3 is 5.69 Å². The smallest absolute Gasteiger partial charge is 0.333 e. The third-order valence-electron chi connectivity index (χ3n) is 3.84. The van der Waals surface area contributed by atoms with Crippen molar-refractivity contribution in [3.05, 3.63) is 81.0 Å². The molecule has 3 rings (SSSR count). The number of carbonyl (C=O) groups is 1. The van der Waals surface area contributed by atoms with Crippen molar-refractivity contribution in [1.29, 1.82) is 0 Å². The molecule has 3 N–H and O–H groups in total. The lowest BCUT2D eigenvalue weighted by molar-refractivity contribution is -0.113. The highest BCUT2D eigenvalue weighted by Crippen LogP contribution is 2.16. The number of nitrogens with one attached hydrogen (secondary N) is 1. The number of hydrogen-bond acceptors (Lipinski definition) is 6. The summed E-state index contributed by atoms with van der Waals surface area (Å²) in [4.78, 5) is 32.3. The van der Waals surface area contributed by atoms with Gasteiger partial charge in [-0.25, -0.2) is 9.78 Å². The molecule has 28 heavy (non-hydrogen) atoms. The normalized spacial score (nSPS) is 10.6. The van der Waals surface area contributed by atoms with E-state index in [2.05, 4.69) is 15.3 Å². The van der Waals surface area contributed by atoms with E-state index in [4.69, 9.17) is 17.4 Å². The molecule has 0 spiro atoms. The van der Waals surface area contributed by atoms with Crippen LogP contribution in [-0.2, 0) is 11.2 Å². The van der Waals surface area contributed by atoms with Crippen LogP contribution < -0.4 is 16.8 Å². The Morgan fingerprint density at radius 2 is 1.82 bits per heavy atom. The minimum atomic E-state index is -0.613. The van der Waals surface area contributed by atoms with Crippen molar-refractivity contribution in [3.8, 4) is 0 Å². The molecular weight excluding hydrogens is 398 g/mol. The minimum Gasteiger partial charge on any atom is -0.333 e. The average molecular weight is 416 g/mol. The molecule has 7 nitrogen and oxygen atoms in total. The maximum absolute atomic E-state index is 12.1. The summed E-state index contributed by atoms with van der Waals surface area (Å²) in [7, 11) is 0. The Labute approximate surface area is 170 Å². The first-order chi connectivity index (χ1) is 13.4. The van der Waals surface area contributed by atoms with Crippen LogP contribution >= 0.6 is 23.4 Å². The van der Waals surface area contributed by atoms with E-state index < -0.39 is 5.69 Å². The highest BCUT2D eigenvalue weighted by molar-refractivity contribution is 7.99. The molecular formula is C19H18ClN5O2S. The quantitative estimate of drug-likeness (QED) is 0.474. The van der Waals surface area contributed by atoms with Crippen LogP contribution in [-0.4, -0.2) is 26.3 Å². The Morgan fingerprint density at radius 3 is 2.50 bits per heavy atom. The largest absolute Gasteiger partial charge is 0.370 e. The van der Waals surface area contributed by atoms with Crippen LogP contribution in [0.3, 0.4) is 0 Å². The number of anilines is 1. The lowest BCUT2D eigenvalue weighted by Gasteiger charge is -2.09. The molecule has 0 unspecified atom stereocenters. The highest BCUT2D eigenvalue weighted by atomic mass is 35.5. The van der Waals surface area contributed by atoms with Crippen molar-refractivity contribution in [3.63, 3.8) is 0 Å². The van der Waals surface area contributed by atoms with Gasteiger partial charge in [0.25, 0.3) is 0 Å². The Hall–Kier alpha value is -2.84. The maximum atomic E-state index is 12.1. The molecule has 144 valence electrons. The van der Waals surface area contributed by atoms with E-state index in [0.29, 0.717) is 23.0 Å². The third-order valence-corrected chi connectivity index (χ3v) is 4.94. The fraction of sp³-hybridized carbons (Fsp3) is 0.158. The van der Waals surface area contributed by atoms with Gasteiger partial charge in [-0.1, -0.05) is 53.2 Å². The van der Waals surface area contributed by atoms with E-state index in [0.717, 1.165) is 27.6 Å². The van der Waals surface area contributed by atoms with Crippen molar-refractivity contribution in [2.75, 3.05) is 16.9 Å². The number of hydrogen-bond donors (Lipinski definition) is 2. The van der Waals surface area contributed by atoms with Crippen LogP contribution in [0, 0.1) is 6.92 Å². The number of nitrogens with zero attached hydrogens (tertiary/aromatic N) is 3. The van der Waals surface area contributed by atoms with Crippen LogP contribution in [0.2, 0.25) is 5.02 Å². The molecule has 0 saturated heterocycles. The Bertz CT molecular complexity index is 1040. The molecule has 0 aliphatic heterocycles.